The summed E-state index contributed by atoms with van der Waals surface area (Å²) in [5.74, 6) is 2.89. The van der Waals surface area contributed by atoms with Gasteiger partial charge in [0.15, 0.2) is 5.75 Å². The molecule has 3 N–H and O–H groups in total. The number of hydrogen-bond acceptors (Lipinski definition) is 5. The molecule has 186 valence electrons. The second kappa shape index (κ2) is 9.00. The minimum absolute atomic E-state index is 0.113. The number of benzene rings is 2. The molecule has 36 heavy (non-hydrogen) atoms. The molecule has 3 amide bonds. The maximum absolute atomic E-state index is 13.1. The molecule has 2 aromatic carbocycles. The predicted molar refractivity (Wildman–Crippen MR) is 134 cm³/mol. The molecule has 0 aliphatic heterocycles. The Balaban J connectivity index is 1.19. The lowest BCUT2D eigenvalue weighted by atomic mass is 9.48. The maximum Gasteiger partial charge on any atom is 0.366 e. The Bertz CT molecular complexity index is 1290. The van der Waals surface area contributed by atoms with Gasteiger partial charge < -0.3 is 9.57 Å². The van der Waals surface area contributed by atoms with Crippen molar-refractivity contribution in [3.63, 3.8) is 0 Å². The molecule has 7 rings (SSSR count). The zero-order chi connectivity index (χ0) is 24.7. The summed E-state index contributed by atoms with van der Waals surface area (Å²) in [6, 6.07) is 16.1. The van der Waals surface area contributed by atoms with Crippen molar-refractivity contribution in [2.45, 2.75) is 43.9 Å². The number of amides is 3. The van der Waals surface area contributed by atoms with Crippen LogP contribution in [0.3, 0.4) is 0 Å². The van der Waals surface area contributed by atoms with Crippen molar-refractivity contribution in [3.05, 3.63) is 65.9 Å². The number of hydroxylamine groups is 1. The number of urea groups is 1. The van der Waals surface area contributed by atoms with Crippen LogP contribution in [0.5, 0.6) is 11.5 Å². The molecular weight excluding hydrogens is 456 g/mol. The molecule has 8 nitrogen and oxygen atoms in total. The topological polar surface area (TPSA) is 102 Å². The molecule has 8 heteroatoms. The number of nitrogens with zero attached hydrogens (tertiary/aromatic N) is 1. The zero-order valence-electron chi connectivity index (χ0n) is 20.3. The molecular formula is C28H30N4O4. The van der Waals surface area contributed by atoms with E-state index in [-0.39, 0.29) is 5.41 Å². The second-order valence-electron chi connectivity index (χ2n) is 10.6. The van der Waals surface area contributed by atoms with E-state index in [1.165, 1.54) is 44.1 Å². The normalized spacial score (nSPS) is 25.9. The summed E-state index contributed by atoms with van der Waals surface area (Å²) in [6.07, 6.45) is 7.63. The minimum atomic E-state index is -0.715. The van der Waals surface area contributed by atoms with Gasteiger partial charge in [-0.3, -0.25) is 10.2 Å². The van der Waals surface area contributed by atoms with Crippen LogP contribution in [0, 0.1) is 17.8 Å². The molecule has 0 unspecified atom stereocenters. The molecule has 4 bridgehead atoms. The number of methoxy groups -OCH3 is 1. The van der Waals surface area contributed by atoms with E-state index in [0.29, 0.717) is 17.2 Å². The number of carbonyl (C=O) groups excluding carboxylic acids is 2. The zero-order valence-corrected chi connectivity index (χ0v) is 20.3. The van der Waals surface area contributed by atoms with Crippen LogP contribution in [0.15, 0.2) is 54.6 Å². The molecule has 4 aliphatic carbocycles. The second-order valence-corrected chi connectivity index (χ2v) is 10.6. The Labute approximate surface area is 209 Å². The highest BCUT2D eigenvalue weighted by Crippen LogP contribution is 2.61. The number of para-hydroxylation sites is 1. The molecule has 0 saturated heterocycles. The quantitative estimate of drug-likeness (QED) is 0.456. The molecule has 4 fully saturated rings. The number of hydrogen-bond donors (Lipinski definition) is 3. The van der Waals surface area contributed by atoms with Crippen LogP contribution in [-0.2, 0) is 5.41 Å². The van der Waals surface area contributed by atoms with Gasteiger partial charge in [-0.05, 0) is 91.5 Å². The number of ether oxygens (including phenoxy) is 1. The standard InChI is InChI=1S/C28H30N4O4/c1-35-20-5-4-6-21(12-20)36-32-27(34)31-30-26(33)25-13-23(22-7-2-3-8-24(22)29-25)28-14-17-9-18(15-28)11-19(10-17)16-28/h2-8,12-13,17-19H,9-11,14-16H2,1H3,(H,30,33)(H2,31,32,34). The lowest BCUT2D eigenvalue weighted by molar-refractivity contribution is -0.00454. The first-order valence-corrected chi connectivity index (χ1v) is 12.6. The summed E-state index contributed by atoms with van der Waals surface area (Å²) in [6.45, 7) is 0. The van der Waals surface area contributed by atoms with Crippen molar-refractivity contribution < 1.29 is 19.2 Å². The number of nitrogens with one attached hydrogen (secondary N) is 3. The van der Waals surface area contributed by atoms with Gasteiger partial charge in [0, 0.05) is 11.5 Å². The van der Waals surface area contributed by atoms with Crippen molar-refractivity contribution in [3.8, 4) is 11.5 Å². The molecule has 4 saturated carbocycles. The average Bonchev–Trinajstić information content (AvgIpc) is 2.89. The van der Waals surface area contributed by atoms with Crippen LogP contribution in [0.1, 0.15) is 54.6 Å². The molecule has 3 aromatic rings. The number of carbonyl (C=O) groups is 2. The smallest absolute Gasteiger partial charge is 0.366 e. The highest BCUT2D eigenvalue weighted by Gasteiger charge is 2.52. The molecule has 4 aliphatic rings. The van der Waals surface area contributed by atoms with Gasteiger partial charge in [0.1, 0.15) is 11.4 Å². The first-order chi connectivity index (χ1) is 17.5. The fourth-order valence-electron chi connectivity index (χ4n) is 7.14. The molecule has 0 radical (unpaired) electrons. The first-order valence-electron chi connectivity index (χ1n) is 12.6. The van der Waals surface area contributed by atoms with E-state index in [9.17, 15) is 9.59 Å². The number of fused-ring (bicyclic) bond motifs is 1. The van der Waals surface area contributed by atoms with Crippen molar-refractivity contribution in [2.24, 2.45) is 17.8 Å². The van der Waals surface area contributed by atoms with E-state index in [0.717, 1.165) is 28.7 Å². The van der Waals surface area contributed by atoms with Crippen LogP contribution in [0.25, 0.3) is 10.9 Å². The van der Waals surface area contributed by atoms with Crippen LogP contribution in [-0.4, -0.2) is 24.0 Å². The Morgan fingerprint density at radius 3 is 2.31 bits per heavy atom. The Morgan fingerprint density at radius 2 is 1.58 bits per heavy atom. The summed E-state index contributed by atoms with van der Waals surface area (Å²) >= 11 is 0. The third-order valence-electron chi connectivity index (χ3n) is 8.15. The van der Waals surface area contributed by atoms with Crippen molar-refractivity contribution in [2.75, 3.05) is 7.11 Å². The van der Waals surface area contributed by atoms with Gasteiger partial charge >= 0.3 is 6.03 Å². The lowest BCUT2D eigenvalue weighted by Gasteiger charge is -2.57. The fourth-order valence-corrected chi connectivity index (χ4v) is 7.14. The van der Waals surface area contributed by atoms with Gasteiger partial charge in [-0.2, -0.15) is 5.48 Å². The Hall–Kier alpha value is -3.81. The van der Waals surface area contributed by atoms with E-state index < -0.39 is 11.9 Å². The van der Waals surface area contributed by atoms with Gasteiger partial charge in [0.2, 0.25) is 0 Å². The maximum atomic E-state index is 13.1. The van der Waals surface area contributed by atoms with E-state index in [4.69, 9.17) is 9.57 Å². The van der Waals surface area contributed by atoms with Crippen LogP contribution in [0.4, 0.5) is 4.79 Å². The number of hydrazine groups is 1. The van der Waals surface area contributed by atoms with Crippen LogP contribution in [0.2, 0.25) is 0 Å². The minimum Gasteiger partial charge on any atom is -0.497 e. The summed E-state index contributed by atoms with van der Waals surface area (Å²) in [5.41, 5.74) is 9.50. The van der Waals surface area contributed by atoms with E-state index in [2.05, 4.69) is 27.4 Å². The number of pyridine rings is 1. The van der Waals surface area contributed by atoms with Gasteiger partial charge in [-0.15, -0.1) is 0 Å². The van der Waals surface area contributed by atoms with E-state index >= 15 is 0 Å². The first kappa shape index (κ1) is 22.6. The summed E-state index contributed by atoms with van der Waals surface area (Å²) in [7, 11) is 1.55. The van der Waals surface area contributed by atoms with Crippen molar-refractivity contribution in [1.82, 2.24) is 21.3 Å². The summed E-state index contributed by atoms with van der Waals surface area (Å²) in [4.78, 5) is 35.1. The van der Waals surface area contributed by atoms with Crippen molar-refractivity contribution in [1.29, 1.82) is 0 Å². The summed E-state index contributed by atoms with van der Waals surface area (Å²) < 4.78 is 5.13. The summed E-state index contributed by atoms with van der Waals surface area (Å²) in [5, 5.41) is 1.13. The third-order valence-corrected chi connectivity index (χ3v) is 8.15. The predicted octanol–water partition coefficient (Wildman–Crippen LogP) is 4.65. The van der Waals surface area contributed by atoms with Gasteiger partial charge in [-0.1, -0.05) is 24.3 Å². The lowest BCUT2D eigenvalue weighted by Crippen LogP contribution is -2.49. The highest BCUT2D eigenvalue weighted by molar-refractivity contribution is 5.97. The monoisotopic (exact) mass is 486 g/mol. The van der Waals surface area contributed by atoms with E-state index in [1.54, 1.807) is 31.4 Å². The van der Waals surface area contributed by atoms with Gasteiger partial charge in [0.25, 0.3) is 5.91 Å². The third kappa shape index (κ3) is 4.21. The van der Waals surface area contributed by atoms with Crippen molar-refractivity contribution >= 4 is 22.8 Å². The number of aromatic nitrogens is 1. The Morgan fingerprint density at radius 1 is 0.889 bits per heavy atom. The van der Waals surface area contributed by atoms with Crippen LogP contribution >= 0.6 is 0 Å². The molecule has 0 spiro atoms. The molecule has 1 heterocycles. The van der Waals surface area contributed by atoms with Gasteiger partial charge in [-0.25, -0.2) is 15.2 Å². The number of rotatable bonds is 5. The molecule has 0 atom stereocenters. The van der Waals surface area contributed by atoms with Gasteiger partial charge in [0.05, 0.1) is 12.6 Å². The molecule has 1 aromatic heterocycles. The average molecular weight is 487 g/mol. The SMILES string of the molecule is COc1cccc(ONC(=O)NNC(=O)c2cc(C34CC5CC(CC(C5)C3)C4)c3ccccc3n2)c1. The fraction of sp³-hybridized carbons (Fsp3) is 0.393. The Kier molecular flexibility index (Phi) is 5.66. The largest absolute Gasteiger partial charge is 0.497 e. The van der Waals surface area contributed by atoms with Crippen LogP contribution < -0.4 is 25.9 Å². The van der Waals surface area contributed by atoms with E-state index in [1.807, 2.05) is 24.3 Å². The highest BCUT2D eigenvalue weighted by atomic mass is 16.7.